The monoisotopic (exact) mass is 247 g/mol. The molecule has 0 aliphatic heterocycles. The highest BCUT2D eigenvalue weighted by Gasteiger charge is 2.21. The van der Waals surface area contributed by atoms with Crippen LogP contribution in [0.15, 0.2) is 12.3 Å². The van der Waals surface area contributed by atoms with E-state index in [0.717, 1.165) is 0 Å². The summed E-state index contributed by atoms with van der Waals surface area (Å²) in [5.41, 5.74) is -0.153. The van der Waals surface area contributed by atoms with E-state index in [2.05, 4.69) is 9.72 Å². The molecule has 0 saturated carbocycles. The smallest absolute Gasteiger partial charge is 0.381 e. The van der Waals surface area contributed by atoms with E-state index in [9.17, 15) is 9.59 Å². The number of carbonyl (C=O) groups excluding carboxylic acids is 2. The lowest BCUT2D eigenvalue weighted by Crippen LogP contribution is -2.19. The molecule has 1 rings (SSSR count). The maximum Gasteiger partial charge on any atom is 0.381 e. The van der Waals surface area contributed by atoms with Crippen molar-refractivity contribution in [2.24, 2.45) is 0 Å². The Morgan fingerprint density at radius 2 is 2.13 bits per heavy atom. The van der Waals surface area contributed by atoms with Gasteiger partial charge in [0.1, 0.15) is 5.69 Å². The van der Waals surface area contributed by atoms with Gasteiger partial charge in [-0.3, -0.25) is 4.79 Å². The molecule has 0 aromatic carbocycles. The van der Waals surface area contributed by atoms with Gasteiger partial charge in [-0.05, 0) is 13.0 Å². The fraction of sp³-hybridized carbons (Fsp3) is 0.222. The van der Waals surface area contributed by atoms with Gasteiger partial charge in [0.05, 0.1) is 16.7 Å². The third-order valence-electron chi connectivity index (χ3n) is 1.48. The lowest BCUT2D eigenvalue weighted by molar-refractivity contribution is -0.137. The lowest BCUT2D eigenvalue weighted by Gasteiger charge is -2.02. The number of halogens is 2. The second-order valence-electron chi connectivity index (χ2n) is 2.53. The van der Waals surface area contributed by atoms with Crippen LogP contribution >= 0.6 is 23.2 Å². The molecule has 0 unspecified atom stereocenters. The van der Waals surface area contributed by atoms with Crippen LogP contribution in [0.5, 0.6) is 0 Å². The number of carbonyl (C=O) groups is 2. The first-order valence-corrected chi connectivity index (χ1v) is 4.84. The maximum atomic E-state index is 11.4. The van der Waals surface area contributed by atoms with Gasteiger partial charge in [0.15, 0.2) is 0 Å². The minimum absolute atomic E-state index is 0.0283. The third kappa shape index (κ3) is 2.91. The van der Waals surface area contributed by atoms with Crippen molar-refractivity contribution < 1.29 is 14.3 Å². The summed E-state index contributed by atoms with van der Waals surface area (Å²) in [5.74, 6) is -1.85. The summed E-state index contributed by atoms with van der Waals surface area (Å²) >= 11 is 11.3. The summed E-state index contributed by atoms with van der Waals surface area (Å²) in [6.45, 7) is 1.72. The quantitative estimate of drug-likeness (QED) is 0.467. The van der Waals surface area contributed by atoms with E-state index in [-0.39, 0.29) is 17.3 Å². The Hall–Kier alpha value is -1.13. The van der Waals surface area contributed by atoms with Crippen LogP contribution in [0.25, 0.3) is 0 Å². The summed E-state index contributed by atoms with van der Waals surface area (Å²) in [5, 5.41) is 0.320. The van der Waals surface area contributed by atoms with Crippen LogP contribution in [-0.2, 0) is 9.53 Å². The van der Waals surface area contributed by atoms with Crippen LogP contribution in [0.4, 0.5) is 0 Å². The molecule has 1 heterocycles. The highest BCUT2D eigenvalue weighted by atomic mass is 35.5. The number of esters is 1. The minimum Gasteiger partial charge on any atom is -0.460 e. The van der Waals surface area contributed by atoms with E-state index in [1.54, 1.807) is 6.92 Å². The molecule has 4 nitrogen and oxygen atoms in total. The summed E-state index contributed by atoms with van der Waals surface area (Å²) in [6.07, 6.45) is 1.24. The molecule has 0 atom stereocenters. The van der Waals surface area contributed by atoms with E-state index in [0.29, 0.717) is 5.02 Å². The standard InChI is InChI=1S/C9H7Cl2NO3/c1-2-15-9(14)8(13)7-6(11)3-5(10)4-12-7/h3-4H,2H2,1H3. The van der Waals surface area contributed by atoms with Crippen LogP contribution in [0.3, 0.4) is 0 Å². The van der Waals surface area contributed by atoms with Crippen LogP contribution in [0.1, 0.15) is 17.4 Å². The Kier molecular flexibility index (Phi) is 4.05. The highest BCUT2D eigenvalue weighted by molar-refractivity contribution is 6.45. The largest absolute Gasteiger partial charge is 0.460 e. The summed E-state index contributed by atoms with van der Waals surface area (Å²) in [4.78, 5) is 26.1. The van der Waals surface area contributed by atoms with Gasteiger partial charge in [0, 0.05) is 6.20 Å². The lowest BCUT2D eigenvalue weighted by atomic mass is 10.2. The Labute approximate surface area is 96.2 Å². The normalized spacial score (nSPS) is 9.80. The number of hydrogen-bond donors (Lipinski definition) is 0. The first kappa shape index (κ1) is 11.9. The summed E-state index contributed by atoms with van der Waals surface area (Å²) in [6, 6.07) is 1.34. The van der Waals surface area contributed by atoms with Crippen LogP contribution in [0.2, 0.25) is 10.0 Å². The van der Waals surface area contributed by atoms with Gasteiger partial charge in [-0.1, -0.05) is 23.2 Å². The number of aromatic nitrogens is 1. The first-order valence-electron chi connectivity index (χ1n) is 4.08. The SMILES string of the molecule is CCOC(=O)C(=O)c1ncc(Cl)cc1Cl. The van der Waals surface area contributed by atoms with Crippen molar-refractivity contribution in [1.82, 2.24) is 4.98 Å². The van der Waals surface area contributed by atoms with Gasteiger partial charge in [-0.25, -0.2) is 9.78 Å². The van der Waals surface area contributed by atoms with E-state index in [1.807, 2.05) is 0 Å². The minimum atomic E-state index is -0.978. The van der Waals surface area contributed by atoms with Crippen molar-refractivity contribution in [3.05, 3.63) is 28.0 Å². The van der Waals surface area contributed by atoms with Crippen LogP contribution < -0.4 is 0 Å². The zero-order valence-corrected chi connectivity index (χ0v) is 9.30. The van der Waals surface area contributed by atoms with Gasteiger partial charge < -0.3 is 4.74 Å². The molecule has 80 valence electrons. The van der Waals surface area contributed by atoms with E-state index in [4.69, 9.17) is 23.2 Å². The number of ether oxygens (including phenoxy) is 1. The first-order chi connectivity index (χ1) is 7.06. The van der Waals surface area contributed by atoms with Gasteiger partial charge >= 0.3 is 5.97 Å². The molecule has 0 spiro atoms. The van der Waals surface area contributed by atoms with Gasteiger partial charge in [0.25, 0.3) is 5.78 Å². The zero-order valence-electron chi connectivity index (χ0n) is 7.79. The van der Waals surface area contributed by atoms with Crippen molar-refractivity contribution in [2.45, 2.75) is 6.92 Å². The van der Waals surface area contributed by atoms with Crippen molar-refractivity contribution in [1.29, 1.82) is 0 Å². The molecule has 0 bridgehead atoms. The number of ketones is 1. The molecule has 1 aromatic rings. The maximum absolute atomic E-state index is 11.4. The second-order valence-corrected chi connectivity index (χ2v) is 3.38. The third-order valence-corrected chi connectivity index (χ3v) is 1.98. The second kappa shape index (κ2) is 5.09. The molecular weight excluding hydrogens is 241 g/mol. The molecule has 6 heteroatoms. The fourth-order valence-electron chi connectivity index (χ4n) is 0.875. The molecule has 1 aromatic heterocycles. The zero-order chi connectivity index (χ0) is 11.4. The van der Waals surface area contributed by atoms with Gasteiger partial charge in [-0.2, -0.15) is 0 Å². The van der Waals surface area contributed by atoms with Crippen molar-refractivity contribution in [2.75, 3.05) is 6.61 Å². The van der Waals surface area contributed by atoms with E-state index < -0.39 is 11.8 Å². The number of hydrogen-bond acceptors (Lipinski definition) is 4. The molecule has 0 aliphatic carbocycles. The topological polar surface area (TPSA) is 56.3 Å². The summed E-state index contributed by atoms with van der Waals surface area (Å²) < 4.78 is 4.52. The van der Waals surface area contributed by atoms with Crippen molar-refractivity contribution >= 4 is 35.0 Å². The Morgan fingerprint density at radius 1 is 1.47 bits per heavy atom. The number of Topliss-reactive ketones (excluding diaryl/α,β-unsaturated/α-hetero) is 1. The molecule has 0 amide bonds. The molecule has 0 saturated heterocycles. The van der Waals surface area contributed by atoms with Gasteiger partial charge in [0.2, 0.25) is 0 Å². The number of pyridine rings is 1. The predicted octanol–water partition coefficient (Wildman–Crippen LogP) is 2.13. The van der Waals surface area contributed by atoms with E-state index in [1.165, 1.54) is 12.3 Å². The molecular formula is C9H7Cl2NO3. The Balaban J connectivity index is 2.96. The highest BCUT2D eigenvalue weighted by Crippen LogP contribution is 2.18. The number of rotatable bonds is 3. The van der Waals surface area contributed by atoms with Gasteiger partial charge in [-0.15, -0.1) is 0 Å². The number of nitrogens with zero attached hydrogens (tertiary/aromatic N) is 1. The average Bonchev–Trinajstić information content (AvgIpc) is 2.17. The Morgan fingerprint density at radius 3 is 2.67 bits per heavy atom. The van der Waals surface area contributed by atoms with E-state index >= 15 is 0 Å². The molecule has 15 heavy (non-hydrogen) atoms. The molecule has 0 N–H and O–H groups in total. The van der Waals surface area contributed by atoms with Crippen molar-refractivity contribution in [3.63, 3.8) is 0 Å². The molecule has 0 radical (unpaired) electrons. The molecule has 0 fully saturated rings. The Bertz CT molecular complexity index is 406. The molecule has 0 aliphatic rings. The predicted molar refractivity (Wildman–Crippen MR) is 55.2 cm³/mol. The fourth-order valence-corrected chi connectivity index (χ4v) is 1.34. The summed E-state index contributed by atoms with van der Waals surface area (Å²) in [7, 11) is 0. The average molecular weight is 248 g/mol. The van der Waals surface area contributed by atoms with Crippen LogP contribution in [-0.4, -0.2) is 23.3 Å². The van der Waals surface area contributed by atoms with Crippen molar-refractivity contribution in [3.8, 4) is 0 Å². The van der Waals surface area contributed by atoms with Crippen LogP contribution in [0, 0.1) is 0 Å².